The summed E-state index contributed by atoms with van der Waals surface area (Å²) in [6.45, 7) is 5.70. The first-order valence-electron chi connectivity index (χ1n) is 7.97. The van der Waals surface area contributed by atoms with Crippen LogP contribution in [-0.2, 0) is 0 Å². The molecule has 2 heteroatoms. The molecule has 2 aromatic carbocycles. The summed E-state index contributed by atoms with van der Waals surface area (Å²) in [4.78, 5) is 0. The molecular weight excluding hydrogens is 272 g/mol. The lowest BCUT2D eigenvalue weighted by molar-refractivity contribution is 0.316. The van der Waals surface area contributed by atoms with Crippen LogP contribution in [-0.4, -0.2) is 13.2 Å². The van der Waals surface area contributed by atoms with E-state index in [1.54, 1.807) is 0 Å². The van der Waals surface area contributed by atoms with E-state index in [0.717, 1.165) is 48.7 Å². The maximum absolute atomic E-state index is 5.79. The number of para-hydroxylation sites is 2. The van der Waals surface area contributed by atoms with Crippen LogP contribution in [0.3, 0.4) is 0 Å². The van der Waals surface area contributed by atoms with Crippen molar-refractivity contribution >= 4 is 12.2 Å². The molecule has 0 aliphatic carbocycles. The lowest BCUT2D eigenvalue weighted by Crippen LogP contribution is -1.97. The summed E-state index contributed by atoms with van der Waals surface area (Å²) < 4.78 is 11.6. The molecule has 2 nitrogen and oxygen atoms in total. The van der Waals surface area contributed by atoms with Gasteiger partial charge in [-0.2, -0.15) is 0 Å². The van der Waals surface area contributed by atoms with Crippen molar-refractivity contribution in [3.63, 3.8) is 0 Å². The largest absolute Gasteiger partial charge is 0.493 e. The molecule has 0 fully saturated rings. The molecule has 0 aliphatic heterocycles. The number of ether oxygens (including phenoxy) is 2. The summed E-state index contributed by atoms with van der Waals surface area (Å²) in [5, 5.41) is 0. The van der Waals surface area contributed by atoms with E-state index in [1.807, 2.05) is 36.4 Å². The third-order valence-electron chi connectivity index (χ3n) is 3.20. The molecule has 2 aromatic rings. The Balaban J connectivity index is 2.18. The van der Waals surface area contributed by atoms with Gasteiger partial charge in [-0.25, -0.2) is 0 Å². The zero-order chi connectivity index (χ0) is 15.6. The summed E-state index contributed by atoms with van der Waals surface area (Å²) in [5.74, 6) is 1.85. The molecule has 116 valence electrons. The Kier molecular flexibility index (Phi) is 6.56. The van der Waals surface area contributed by atoms with Crippen molar-refractivity contribution < 1.29 is 9.47 Å². The molecule has 0 radical (unpaired) electrons. The van der Waals surface area contributed by atoms with Gasteiger partial charge in [-0.1, -0.05) is 62.4 Å². The molecular formula is C20H24O2. The van der Waals surface area contributed by atoms with Crippen molar-refractivity contribution in [3.05, 3.63) is 59.7 Å². The first-order chi connectivity index (χ1) is 10.8. The average molecular weight is 296 g/mol. The zero-order valence-corrected chi connectivity index (χ0v) is 13.4. The molecule has 0 saturated carbocycles. The molecule has 2 rings (SSSR count). The smallest absolute Gasteiger partial charge is 0.126 e. The quantitative estimate of drug-likeness (QED) is 0.604. The zero-order valence-electron chi connectivity index (χ0n) is 13.4. The van der Waals surface area contributed by atoms with Crippen molar-refractivity contribution in [2.45, 2.75) is 26.7 Å². The normalized spacial score (nSPS) is 10.8. The fourth-order valence-electron chi connectivity index (χ4n) is 2.10. The van der Waals surface area contributed by atoms with Gasteiger partial charge in [0.1, 0.15) is 11.5 Å². The van der Waals surface area contributed by atoms with Crippen LogP contribution >= 0.6 is 0 Å². The fourth-order valence-corrected chi connectivity index (χ4v) is 2.10. The van der Waals surface area contributed by atoms with E-state index in [4.69, 9.17) is 9.47 Å². The van der Waals surface area contributed by atoms with Gasteiger partial charge in [0.2, 0.25) is 0 Å². The van der Waals surface area contributed by atoms with Crippen molar-refractivity contribution in [2.75, 3.05) is 13.2 Å². The lowest BCUT2D eigenvalue weighted by Gasteiger charge is -2.09. The lowest BCUT2D eigenvalue weighted by atomic mass is 10.1. The van der Waals surface area contributed by atoms with Gasteiger partial charge in [-0.05, 0) is 25.0 Å². The van der Waals surface area contributed by atoms with E-state index < -0.39 is 0 Å². The number of benzene rings is 2. The first-order valence-corrected chi connectivity index (χ1v) is 7.97. The molecule has 0 bridgehead atoms. The Morgan fingerprint density at radius 2 is 1.09 bits per heavy atom. The second-order valence-electron chi connectivity index (χ2n) is 5.11. The summed E-state index contributed by atoms with van der Waals surface area (Å²) in [5.41, 5.74) is 2.17. The monoisotopic (exact) mass is 296 g/mol. The van der Waals surface area contributed by atoms with Crippen LogP contribution in [0, 0.1) is 0 Å². The molecule has 0 unspecified atom stereocenters. The Morgan fingerprint density at radius 3 is 1.50 bits per heavy atom. The second kappa shape index (κ2) is 8.93. The Labute approximate surface area is 133 Å². The predicted molar refractivity (Wildman–Crippen MR) is 93.4 cm³/mol. The van der Waals surface area contributed by atoms with Gasteiger partial charge in [0.05, 0.1) is 13.2 Å². The Hall–Kier alpha value is -2.22. The van der Waals surface area contributed by atoms with Crippen LogP contribution in [0.4, 0.5) is 0 Å². The van der Waals surface area contributed by atoms with Gasteiger partial charge >= 0.3 is 0 Å². The van der Waals surface area contributed by atoms with Crippen molar-refractivity contribution in [1.82, 2.24) is 0 Å². The third-order valence-corrected chi connectivity index (χ3v) is 3.20. The minimum absolute atomic E-state index is 0.737. The molecule has 0 heterocycles. The van der Waals surface area contributed by atoms with Crippen LogP contribution < -0.4 is 9.47 Å². The maximum atomic E-state index is 5.79. The third kappa shape index (κ3) is 4.66. The van der Waals surface area contributed by atoms with Crippen LogP contribution in [0.15, 0.2) is 48.5 Å². The topological polar surface area (TPSA) is 18.5 Å². The van der Waals surface area contributed by atoms with Crippen LogP contribution in [0.1, 0.15) is 37.8 Å². The summed E-state index contributed by atoms with van der Waals surface area (Å²) in [7, 11) is 0. The number of hydrogen-bond donors (Lipinski definition) is 0. The van der Waals surface area contributed by atoms with E-state index in [-0.39, 0.29) is 0 Å². The molecule has 0 amide bonds. The molecule has 0 atom stereocenters. The minimum atomic E-state index is 0.737. The van der Waals surface area contributed by atoms with Crippen molar-refractivity contribution in [3.8, 4) is 11.5 Å². The highest BCUT2D eigenvalue weighted by atomic mass is 16.5. The first kappa shape index (κ1) is 16.2. The molecule has 0 N–H and O–H groups in total. The highest BCUT2D eigenvalue weighted by Crippen LogP contribution is 2.24. The van der Waals surface area contributed by atoms with E-state index in [2.05, 4.69) is 38.1 Å². The van der Waals surface area contributed by atoms with Gasteiger partial charge in [0.25, 0.3) is 0 Å². The highest BCUT2D eigenvalue weighted by molar-refractivity contribution is 5.74. The molecule has 0 aliphatic rings. The SMILES string of the molecule is CCCOc1ccccc1/C=C/c1ccccc1OCCC. The second-order valence-corrected chi connectivity index (χ2v) is 5.11. The van der Waals surface area contributed by atoms with Gasteiger partial charge in [0.15, 0.2) is 0 Å². The van der Waals surface area contributed by atoms with Gasteiger partial charge in [-0.15, -0.1) is 0 Å². The number of hydrogen-bond acceptors (Lipinski definition) is 2. The standard InChI is InChI=1S/C20H24O2/c1-3-15-21-19-11-7-5-9-17(19)13-14-18-10-6-8-12-20(18)22-16-4-2/h5-14H,3-4,15-16H2,1-2H3/b14-13+. The molecule has 0 saturated heterocycles. The Morgan fingerprint density at radius 1 is 0.682 bits per heavy atom. The van der Waals surface area contributed by atoms with E-state index in [1.165, 1.54) is 0 Å². The predicted octanol–water partition coefficient (Wildman–Crippen LogP) is 5.43. The summed E-state index contributed by atoms with van der Waals surface area (Å²) in [6.07, 6.45) is 6.18. The Bertz CT molecular complexity index is 549. The molecule has 0 aromatic heterocycles. The van der Waals surface area contributed by atoms with Crippen LogP contribution in [0.2, 0.25) is 0 Å². The van der Waals surface area contributed by atoms with Gasteiger partial charge < -0.3 is 9.47 Å². The molecule has 22 heavy (non-hydrogen) atoms. The summed E-state index contributed by atoms with van der Waals surface area (Å²) in [6, 6.07) is 16.2. The van der Waals surface area contributed by atoms with Crippen molar-refractivity contribution in [2.24, 2.45) is 0 Å². The van der Waals surface area contributed by atoms with Crippen molar-refractivity contribution in [1.29, 1.82) is 0 Å². The van der Waals surface area contributed by atoms with E-state index >= 15 is 0 Å². The van der Waals surface area contributed by atoms with Gasteiger partial charge in [0, 0.05) is 11.1 Å². The summed E-state index contributed by atoms with van der Waals surface area (Å²) >= 11 is 0. The van der Waals surface area contributed by atoms with Crippen LogP contribution in [0.25, 0.3) is 12.2 Å². The van der Waals surface area contributed by atoms with Gasteiger partial charge in [-0.3, -0.25) is 0 Å². The van der Waals surface area contributed by atoms with Crippen LogP contribution in [0.5, 0.6) is 11.5 Å². The fraction of sp³-hybridized carbons (Fsp3) is 0.300. The highest BCUT2D eigenvalue weighted by Gasteiger charge is 2.01. The molecule has 0 spiro atoms. The van der Waals surface area contributed by atoms with E-state index in [9.17, 15) is 0 Å². The average Bonchev–Trinajstić information content (AvgIpc) is 2.57. The minimum Gasteiger partial charge on any atom is -0.493 e. The maximum Gasteiger partial charge on any atom is 0.126 e. The number of rotatable bonds is 8. The van der Waals surface area contributed by atoms with E-state index in [0.29, 0.717) is 0 Å².